The van der Waals surface area contributed by atoms with E-state index in [1.54, 1.807) is 11.0 Å². The van der Waals surface area contributed by atoms with E-state index >= 15 is 0 Å². The lowest BCUT2D eigenvalue weighted by Gasteiger charge is -2.11. The van der Waals surface area contributed by atoms with Crippen LogP contribution >= 0.6 is 24.0 Å². The molecule has 0 bridgehead atoms. The van der Waals surface area contributed by atoms with Gasteiger partial charge in [0.1, 0.15) is 24.5 Å². The van der Waals surface area contributed by atoms with Crippen LogP contribution in [0.5, 0.6) is 5.75 Å². The molecule has 0 atom stereocenters. The predicted molar refractivity (Wildman–Crippen MR) is 125 cm³/mol. The van der Waals surface area contributed by atoms with Crippen LogP contribution in [0.15, 0.2) is 65.9 Å². The average molecular weight is 506 g/mol. The number of hydrogen-bond acceptors (Lipinski definition) is 4. The van der Waals surface area contributed by atoms with Crippen LogP contribution in [0.3, 0.4) is 0 Å². The molecule has 2 N–H and O–H groups in total. The van der Waals surface area contributed by atoms with Gasteiger partial charge in [-0.3, -0.25) is 4.68 Å². The molecule has 0 amide bonds. The van der Waals surface area contributed by atoms with E-state index in [0.717, 1.165) is 35.2 Å². The summed E-state index contributed by atoms with van der Waals surface area (Å²) in [6.45, 7) is 4.50. The van der Waals surface area contributed by atoms with E-state index in [2.05, 4.69) is 43.9 Å². The molecule has 7 nitrogen and oxygen atoms in total. The Labute approximate surface area is 188 Å². The van der Waals surface area contributed by atoms with Crippen molar-refractivity contribution in [2.75, 3.05) is 6.54 Å². The van der Waals surface area contributed by atoms with E-state index in [-0.39, 0.29) is 24.0 Å². The number of halogens is 1. The highest BCUT2D eigenvalue weighted by molar-refractivity contribution is 14.0. The summed E-state index contributed by atoms with van der Waals surface area (Å²) in [4.78, 5) is 8.88. The number of hydrogen-bond donors (Lipinski definition) is 2. The van der Waals surface area contributed by atoms with Crippen molar-refractivity contribution in [3.05, 3.63) is 77.9 Å². The van der Waals surface area contributed by atoms with E-state index in [9.17, 15) is 0 Å². The molecule has 1 aromatic heterocycles. The minimum Gasteiger partial charge on any atom is -0.489 e. The molecule has 8 heteroatoms. The van der Waals surface area contributed by atoms with Gasteiger partial charge < -0.3 is 15.4 Å². The van der Waals surface area contributed by atoms with Gasteiger partial charge in [-0.1, -0.05) is 42.5 Å². The van der Waals surface area contributed by atoms with Crippen molar-refractivity contribution in [2.45, 2.75) is 26.6 Å². The number of guanidine groups is 1. The lowest BCUT2D eigenvalue weighted by Crippen LogP contribution is -2.37. The van der Waals surface area contributed by atoms with E-state index in [1.165, 1.54) is 0 Å². The van der Waals surface area contributed by atoms with Crippen LogP contribution in [0.4, 0.5) is 0 Å². The van der Waals surface area contributed by atoms with Gasteiger partial charge in [0, 0.05) is 13.6 Å². The van der Waals surface area contributed by atoms with Crippen molar-refractivity contribution in [3.63, 3.8) is 0 Å². The van der Waals surface area contributed by atoms with Crippen LogP contribution in [-0.4, -0.2) is 27.3 Å². The Balaban J connectivity index is 0.00000300. The number of ether oxygens (including phenoxy) is 1. The molecule has 3 aromatic rings. The second kappa shape index (κ2) is 12.1. The van der Waals surface area contributed by atoms with Gasteiger partial charge in [-0.25, -0.2) is 9.98 Å². The van der Waals surface area contributed by atoms with E-state index in [0.29, 0.717) is 19.7 Å². The SMILES string of the molecule is CCNC(=NCc1cccc(COc2ccccc2)c1)NCc1ncnn1C.I. The van der Waals surface area contributed by atoms with Gasteiger partial charge in [0.15, 0.2) is 5.96 Å². The number of aromatic nitrogens is 3. The Hall–Kier alpha value is -2.62. The summed E-state index contributed by atoms with van der Waals surface area (Å²) < 4.78 is 7.57. The highest BCUT2D eigenvalue weighted by atomic mass is 127. The van der Waals surface area contributed by atoms with Crippen molar-refractivity contribution < 1.29 is 4.74 Å². The van der Waals surface area contributed by atoms with Crippen molar-refractivity contribution in [3.8, 4) is 5.75 Å². The standard InChI is InChI=1S/C21H26N6O.HI/c1-3-22-21(24-14-20-25-16-26-27(20)2)23-13-17-8-7-9-18(12-17)15-28-19-10-5-4-6-11-19;/h4-12,16H,3,13-15H2,1-2H3,(H2,22,23,24);1H. The zero-order valence-corrected chi connectivity index (χ0v) is 19.0. The second-order valence-corrected chi connectivity index (χ2v) is 6.27. The number of rotatable bonds is 8. The minimum absolute atomic E-state index is 0. The van der Waals surface area contributed by atoms with Gasteiger partial charge in [0.25, 0.3) is 0 Å². The molecule has 0 aliphatic heterocycles. The minimum atomic E-state index is 0. The maximum atomic E-state index is 5.83. The van der Waals surface area contributed by atoms with Crippen LogP contribution in [0.2, 0.25) is 0 Å². The maximum absolute atomic E-state index is 5.83. The molecule has 29 heavy (non-hydrogen) atoms. The summed E-state index contributed by atoms with van der Waals surface area (Å²) in [7, 11) is 1.87. The third-order valence-electron chi connectivity index (χ3n) is 4.12. The molecule has 154 valence electrons. The first kappa shape index (κ1) is 22.7. The summed E-state index contributed by atoms with van der Waals surface area (Å²) in [6.07, 6.45) is 1.55. The Morgan fingerprint density at radius 1 is 1.07 bits per heavy atom. The highest BCUT2D eigenvalue weighted by Gasteiger charge is 2.03. The Morgan fingerprint density at radius 2 is 1.86 bits per heavy atom. The quantitative estimate of drug-likeness (QED) is 0.279. The van der Waals surface area contributed by atoms with Crippen molar-refractivity contribution >= 4 is 29.9 Å². The average Bonchev–Trinajstić information content (AvgIpc) is 3.14. The first-order valence-corrected chi connectivity index (χ1v) is 9.35. The summed E-state index contributed by atoms with van der Waals surface area (Å²) in [5.41, 5.74) is 2.25. The second-order valence-electron chi connectivity index (χ2n) is 6.27. The van der Waals surface area contributed by atoms with Gasteiger partial charge in [-0.15, -0.1) is 24.0 Å². The molecular weight excluding hydrogens is 479 g/mol. The smallest absolute Gasteiger partial charge is 0.191 e. The molecule has 0 fully saturated rings. The fourth-order valence-electron chi connectivity index (χ4n) is 2.66. The lowest BCUT2D eigenvalue weighted by molar-refractivity contribution is 0.306. The molecule has 0 spiro atoms. The number of aliphatic imine (C=N–C) groups is 1. The molecule has 0 aliphatic carbocycles. The maximum Gasteiger partial charge on any atom is 0.191 e. The predicted octanol–water partition coefficient (Wildman–Crippen LogP) is 3.27. The van der Waals surface area contributed by atoms with Gasteiger partial charge in [0.2, 0.25) is 0 Å². The Bertz CT molecular complexity index is 897. The van der Waals surface area contributed by atoms with E-state index in [4.69, 9.17) is 4.74 Å². The van der Waals surface area contributed by atoms with Crippen LogP contribution in [-0.2, 0) is 26.7 Å². The first-order valence-electron chi connectivity index (χ1n) is 9.35. The van der Waals surface area contributed by atoms with Crippen LogP contribution in [0.25, 0.3) is 0 Å². The number of nitrogens with zero attached hydrogens (tertiary/aromatic N) is 4. The lowest BCUT2D eigenvalue weighted by atomic mass is 10.1. The zero-order valence-electron chi connectivity index (χ0n) is 16.7. The fraction of sp³-hybridized carbons (Fsp3) is 0.286. The third-order valence-corrected chi connectivity index (χ3v) is 4.12. The van der Waals surface area contributed by atoms with Crippen LogP contribution in [0, 0.1) is 0 Å². The van der Waals surface area contributed by atoms with E-state index < -0.39 is 0 Å². The topological polar surface area (TPSA) is 76.4 Å². The molecule has 0 saturated heterocycles. The summed E-state index contributed by atoms with van der Waals surface area (Å²) >= 11 is 0. The Kier molecular flexibility index (Phi) is 9.42. The third kappa shape index (κ3) is 7.37. The number of nitrogens with one attached hydrogen (secondary N) is 2. The molecule has 2 aromatic carbocycles. The van der Waals surface area contributed by atoms with Gasteiger partial charge in [-0.2, -0.15) is 5.10 Å². The normalized spacial score (nSPS) is 10.9. The molecule has 0 saturated carbocycles. The molecule has 3 rings (SSSR count). The van der Waals surface area contributed by atoms with E-state index in [1.807, 2.05) is 50.4 Å². The molecule has 0 radical (unpaired) electrons. The van der Waals surface area contributed by atoms with Crippen molar-refractivity contribution in [2.24, 2.45) is 12.0 Å². The fourth-order valence-corrected chi connectivity index (χ4v) is 2.66. The molecule has 1 heterocycles. The zero-order chi connectivity index (χ0) is 19.6. The highest BCUT2D eigenvalue weighted by Crippen LogP contribution is 2.13. The van der Waals surface area contributed by atoms with Gasteiger partial charge in [-0.05, 0) is 30.2 Å². The largest absolute Gasteiger partial charge is 0.489 e. The number of para-hydroxylation sites is 1. The molecule has 0 unspecified atom stereocenters. The monoisotopic (exact) mass is 506 g/mol. The number of benzene rings is 2. The molecule has 0 aliphatic rings. The first-order chi connectivity index (χ1) is 13.7. The summed E-state index contributed by atoms with van der Waals surface area (Å²) in [5, 5.41) is 10.6. The number of aryl methyl sites for hydroxylation is 1. The summed E-state index contributed by atoms with van der Waals surface area (Å²) in [6, 6.07) is 18.1. The van der Waals surface area contributed by atoms with Gasteiger partial charge >= 0.3 is 0 Å². The molecular formula is C21H27IN6O. The van der Waals surface area contributed by atoms with Crippen LogP contribution < -0.4 is 15.4 Å². The summed E-state index contributed by atoms with van der Waals surface area (Å²) in [5.74, 6) is 2.47. The Morgan fingerprint density at radius 3 is 2.59 bits per heavy atom. The van der Waals surface area contributed by atoms with Crippen LogP contribution in [0.1, 0.15) is 23.9 Å². The van der Waals surface area contributed by atoms with Crippen molar-refractivity contribution in [1.82, 2.24) is 25.4 Å². The van der Waals surface area contributed by atoms with Crippen molar-refractivity contribution in [1.29, 1.82) is 0 Å². The van der Waals surface area contributed by atoms with Gasteiger partial charge in [0.05, 0.1) is 13.1 Å².